The lowest BCUT2D eigenvalue weighted by Gasteiger charge is -2.26. The molecule has 1 aliphatic heterocycles. The number of methoxy groups -OCH3 is 2. The van der Waals surface area contributed by atoms with E-state index in [-0.39, 0.29) is 5.91 Å². The van der Waals surface area contributed by atoms with Crippen LogP contribution in [-0.2, 0) is 9.53 Å². The van der Waals surface area contributed by atoms with Crippen molar-refractivity contribution < 1.29 is 23.8 Å². The van der Waals surface area contributed by atoms with E-state index in [9.17, 15) is 9.59 Å². The molecule has 0 bridgehead atoms. The summed E-state index contributed by atoms with van der Waals surface area (Å²) in [6, 6.07) is 12.7. The fourth-order valence-electron chi connectivity index (χ4n) is 3.08. The molecule has 0 saturated carbocycles. The molecule has 28 heavy (non-hydrogen) atoms. The predicted octanol–water partition coefficient (Wildman–Crippen LogP) is 2.81. The third-order valence-electron chi connectivity index (χ3n) is 4.64. The Labute approximate surface area is 164 Å². The van der Waals surface area contributed by atoms with Gasteiger partial charge in [0.15, 0.2) is 11.5 Å². The van der Waals surface area contributed by atoms with E-state index in [0.717, 1.165) is 23.0 Å². The van der Waals surface area contributed by atoms with Crippen LogP contribution in [0, 0.1) is 0 Å². The summed E-state index contributed by atoms with van der Waals surface area (Å²) in [7, 11) is 3.15. The molecule has 0 spiro atoms. The lowest BCUT2D eigenvalue weighted by molar-refractivity contribution is -0.129. The van der Waals surface area contributed by atoms with Gasteiger partial charge in [-0.05, 0) is 28.8 Å². The van der Waals surface area contributed by atoms with Crippen molar-refractivity contribution in [3.8, 4) is 11.5 Å². The zero-order valence-electron chi connectivity index (χ0n) is 16.0. The molecule has 1 fully saturated rings. The smallest absolute Gasteiger partial charge is 0.247 e. The highest BCUT2D eigenvalue weighted by Gasteiger charge is 2.18. The van der Waals surface area contributed by atoms with Crippen molar-refractivity contribution in [2.24, 2.45) is 0 Å². The highest BCUT2D eigenvalue weighted by atomic mass is 16.5. The number of hydrogen-bond acceptors (Lipinski definition) is 5. The van der Waals surface area contributed by atoms with Crippen LogP contribution in [0.3, 0.4) is 0 Å². The maximum atomic E-state index is 12.8. The summed E-state index contributed by atoms with van der Waals surface area (Å²) in [5.74, 6) is 1.11. The number of carbonyl (C=O) groups excluding carboxylic acids is 2. The number of ether oxygens (including phenoxy) is 3. The van der Waals surface area contributed by atoms with Crippen LogP contribution in [0.1, 0.15) is 21.5 Å². The fraction of sp³-hybridized carbons (Fsp3) is 0.273. The van der Waals surface area contributed by atoms with Crippen molar-refractivity contribution >= 4 is 17.8 Å². The van der Waals surface area contributed by atoms with E-state index < -0.39 is 0 Å². The molecule has 146 valence electrons. The largest absolute Gasteiger partial charge is 0.493 e. The third kappa shape index (κ3) is 4.40. The zero-order valence-corrected chi connectivity index (χ0v) is 16.0. The summed E-state index contributed by atoms with van der Waals surface area (Å²) in [6.45, 7) is 2.22. The second kappa shape index (κ2) is 9.19. The molecule has 6 nitrogen and oxygen atoms in total. The van der Waals surface area contributed by atoms with Crippen molar-refractivity contribution in [1.29, 1.82) is 0 Å². The van der Waals surface area contributed by atoms with Gasteiger partial charge in [0.1, 0.15) is 6.29 Å². The van der Waals surface area contributed by atoms with Crippen molar-refractivity contribution in [2.75, 3.05) is 40.5 Å². The summed E-state index contributed by atoms with van der Waals surface area (Å²) >= 11 is 0. The van der Waals surface area contributed by atoms with E-state index in [1.54, 1.807) is 43.4 Å². The Balaban J connectivity index is 2.04. The number of rotatable bonds is 6. The lowest BCUT2D eigenvalue weighted by Crippen LogP contribution is -2.39. The molecular weight excluding hydrogens is 358 g/mol. The van der Waals surface area contributed by atoms with E-state index in [0.29, 0.717) is 43.4 Å². The Morgan fingerprint density at radius 3 is 2.21 bits per heavy atom. The lowest BCUT2D eigenvalue weighted by atomic mass is 9.96. The molecule has 0 atom stereocenters. The Kier molecular flexibility index (Phi) is 6.45. The number of morpholine rings is 1. The second-order valence-electron chi connectivity index (χ2n) is 6.31. The molecule has 0 radical (unpaired) electrons. The summed E-state index contributed by atoms with van der Waals surface area (Å²) in [4.78, 5) is 25.6. The highest BCUT2D eigenvalue weighted by Crippen LogP contribution is 2.33. The van der Waals surface area contributed by atoms with E-state index in [2.05, 4.69) is 0 Å². The molecule has 0 N–H and O–H groups in total. The maximum absolute atomic E-state index is 12.8. The van der Waals surface area contributed by atoms with Gasteiger partial charge in [-0.3, -0.25) is 9.59 Å². The Bertz CT molecular complexity index is 867. The van der Waals surface area contributed by atoms with Crippen molar-refractivity contribution in [3.63, 3.8) is 0 Å². The first-order valence-electron chi connectivity index (χ1n) is 9.02. The van der Waals surface area contributed by atoms with Gasteiger partial charge in [-0.1, -0.05) is 30.3 Å². The molecule has 1 saturated heterocycles. The summed E-state index contributed by atoms with van der Waals surface area (Å²) in [5.41, 5.74) is 2.97. The Morgan fingerprint density at radius 2 is 1.61 bits per heavy atom. The molecule has 0 aromatic heterocycles. The molecule has 1 heterocycles. The second-order valence-corrected chi connectivity index (χ2v) is 6.31. The third-order valence-corrected chi connectivity index (χ3v) is 4.64. The summed E-state index contributed by atoms with van der Waals surface area (Å²) < 4.78 is 16.0. The first-order valence-corrected chi connectivity index (χ1v) is 9.02. The monoisotopic (exact) mass is 381 g/mol. The zero-order chi connectivity index (χ0) is 19.9. The fourth-order valence-corrected chi connectivity index (χ4v) is 3.08. The van der Waals surface area contributed by atoms with Crippen molar-refractivity contribution in [3.05, 3.63) is 65.2 Å². The highest BCUT2D eigenvalue weighted by molar-refractivity contribution is 5.99. The molecular formula is C22H23NO5. The summed E-state index contributed by atoms with van der Waals surface area (Å²) in [6.07, 6.45) is 2.42. The standard InChI is InChI=1S/C22H23NO5/c1-26-20-8-7-18(13-21(20)27-2)19(17-5-3-16(15-24)4-6-17)14-22(25)23-9-11-28-12-10-23/h3-8,13-15H,9-12H2,1-2H3. The minimum atomic E-state index is -0.0763. The molecule has 6 heteroatoms. The predicted molar refractivity (Wildman–Crippen MR) is 106 cm³/mol. The van der Waals surface area contributed by atoms with E-state index in [4.69, 9.17) is 14.2 Å². The molecule has 2 aromatic rings. The number of benzene rings is 2. The molecule has 1 aliphatic rings. The van der Waals surface area contributed by atoms with Crippen LogP contribution in [0.4, 0.5) is 0 Å². The molecule has 0 aliphatic carbocycles. The molecule has 0 unspecified atom stereocenters. The van der Waals surface area contributed by atoms with Crippen LogP contribution < -0.4 is 9.47 Å². The number of hydrogen-bond donors (Lipinski definition) is 0. The van der Waals surface area contributed by atoms with Gasteiger partial charge in [0.2, 0.25) is 5.91 Å². The van der Waals surface area contributed by atoms with Crippen molar-refractivity contribution in [2.45, 2.75) is 0 Å². The van der Waals surface area contributed by atoms with Crippen molar-refractivity contribution in [1.82, 2.24) is 4.90 Å². The van der Waals surface area contributed by atoms with E-state index in [1.165, 1.54) is 0 Å². The van der Waals surface area contributed by atoms with Gasteiger partial charge in [-0.2, -0.15) is 0 Å². The minimum absolute atomic E-state index is 0.0763. The van der Waals surface area contributed by atoms with Gasteiger partial charge in [-0.15, -0.1) is 0 Å². The quantitative estimate of drug-likeness (QED) is 0.569. The molecule has 2 aromatic carbocycles. The maximum Gasteiger partial charge on any atom is 0.247 e. The van der Waals surface area contributed by atoms with E-state index >= 15 is 0 Å². The number of amides is 1. The Morgan fingerprint density at radius 1 is 0.964 bits per heavy atom. The minimum Gasteiger partial charge on any atom is -0.493 e. The average molecular weight is 381 g/mol. The van der Waals surface area contributed by atoms with Crippen LogP contribution in [-0.4, -0.2) is 57.6 Å². The average Bonchev–Trinajstić information content (AvgIpc) is 2.77. The molecule has 1 amide bonds. The number of aldehydes is 1. The number of carbonyl (C=O) groups is 2. The van der Waals surface area contributed by atoms with Crippen LogP contribution in [0.15, 0.2) is 48.5 Å². The van der Waals surface area contributed by atoms with Crippen LogP contribution in [0.25, 0.3) is 5.57 Å². The van der Waals surface area contributed by atoms with Gasteiger partial charge in [0.05, 0.1) is 27.4 Å². The Hall–Kier alpha value is -3.12. The van der Waals surface area contributed by atoms with Gasteiger partial charge in [0.25, 0.3) is 0 Å². The van der Waals surface area contributed by atoms with Crippen LogP contribution in [0.2, 0.25) is 0 Å². The van der Waals surface area contributed by atoms with Crippen LogP contribution >= 0.6 is 0 Å². The SMILES string of the molecule is COc1ccc(C(=CC(=O)N2CCOCC2)c2ccc(C=O)cc2)cc1OC. The normalized spacial score (nSPS) is 14.5. The van der Waals surface area contributed by atoms with E-state index in [1.807, 2.05) is 24.3 Å². The summed E-state index contributed by atoms with van der Waals surface area (Å²) in [5, 5.41) is 0. The van der Waals surface area contributed by atoms with Gasteiger partial charge >= 0.3 is 0 Å². The first kappa shape index (κ1) is 19.6. The molecule has 3 rings (SSSR count). The van der Waals surface area contributed by atoms with Gasteiger partial charge in [-0.25, -0.2) is 0 Å². The first-order chi connectivity index (χ1) is 13.7. The number of nitrogens with zero attached hydrogens (tertiary/aromatic N) is 1. The van der Waals surface area contributed by atoms with Gasteiger partial charge < -0.3 is 19.1 Å². The van der Waals surface area contributed by atoms with Crippen LogP contribution in [0.5, 0.6) is 11.5 Å². The topological polar surface area (TPSA) is 65.1 Å². The van der Waals surface area contributed by atoms with Gasteiger partial charge in [0, 0.05) is 24.7 Å².